The van der Waals surface area contributed by atoms with Crippen LogP contribution in [0.4, 0.5) is 0 Å². The average molecular weight is 460 g/mol. The summed E-state index contributed by atoms with van der Waals surface area (Å²) in [6, 6.07) is 26.2. The first-order valence-electron chi connectivity index (χ1n) is 12.7. The number of pyridine rings is 1. The Labute approximate surface area is 205 Å². The maximum atomic E-state index is 12.2. The highest BCUT2D eigenvalue weighted by atomic mass is 16.5. The van der Waals surface area contributed by atoms with Crippen molar-refractivity contribution in [2.75, 3.05) is 6.61 Å². The Morgan fingerprint density at radius 1 is 0.829 bits per heavy atom. The number of benzene rings is 4. The van der Waals surface area contributed by atoms with Crippen molar-refractivity contribution in [3.8, 4) is 11.1 Å². The maximum absolute atomic E-state index is 12.2. The molecule has 0 radical (unpaired) electrons. The van der Waals surface area contributed by atoms with Crippen molar-refractivity contribution < 1.29 is 9.53 Å². The van der Waals surface area contributed by atoms with Gasteiger partial charge in [0.05, 0.1) is 18.5 Å². The Balaban J connectivity index is 1.62. The molecule has 1 heterocycles. The van der Waals surface area contributed by atoms with Gasteiger partial charge >= 0.3 is 5.97 Å². The van der Waals surface area contributed by atoms with Crippen molar-refractivity contribution in [2.24, 2.45) is 0 Å². The first kappa shape index (κ1) is 21.8. The molecule has 0 N–H and O–H groups in total. The van der Waals surface area contributed by atoms with E-state index >= 15 is 0 Å². The molecule has 3 nitrogen and oxygen atoms in total. The molecule has 6 rings (SSSR count). The number of hydrogen-bond donors (Lipinski definition) is 0. The van der Waals surface area contributed by atoms with E-state index < -0.39 is 0 Å². The summed E-state index contributed by atoms with van der Waals surface area (Å²) >= 11 is 0. The Kier molecular flexibility index (Phi) is 5.69. The van der Waals surface area contributed by atoms with Gasteiger partial charge in [0.15, 0.2) is 0 Å². The second-order valence-electron chi connectivity index (χ2n) is 9.46. The van der Waals surface area contributed by atoms with Gasteiger partial charge in [0.2, 0.25) is 0 Å². The van der Waals surface area contributed by atoms with Gasteiger partial charge in [-0.2, -0.15) is 0 Å². The second kappa shape index (κ2) is 9.14. The summed E-state index contributed by atoms with van der Waals surface area (Å²) < 4.78 is 5.22. The van der Waals surface area contributed by atoms with Gasteiger partial charge in [-0.3, -0.25) is 9.78 Å². The van der Waals surface area contributed by atoms with Crippen LogP contribution >= 0.6 is 0 Å². The molecule has 0 aliphatic heterocycles. The van der Waals surface area contributed by atoms with Gasteiger partial charge in [-0.25, -0.2) is 0 Å². The topological polar surface area (TPSA) is 39.2 Å². The zero-order chi connectivity index (χ0) is 23.8. The lowest BCUT2D eigenvalue weighted by Crippen LogP contribution is -2.07. The number of nitrogens with zero attached hydrogens (tertiary/aromatic N) is 1. The van der Waals surface area contributed by atoms with Crippen molar-refractivity contribution in [1.29, 1.82) is 0 Å². The molecule has 0 unspecified atom stereocenters. The van der Waals surface area contributed by atoms with E-state index in [-0.39, 0.29) is 5.97 Å². The van der Waals surface area contributed by atoms with Crippen LogP contribution in [0.15, 0.2) is 72.8 Å². The standard InChI is InChI=1S/C32H29NO2/c1-2-35-32(34)18-17-31-29(19-22-10-4-8-14-30(22)33-31)28-20-27-23-11-5-3-9-21(23)15-16-26(27)24-12-6-7-13-25(24)28/h4,6-8,10,12-16,19-20H,2-3,5,9,11,17-18H2,1H3. The number of para-hydroxylation sites is 1. The third-order valence-corrected chi connectivity index (χ3v) is 7.34. The Bertz CT molecular complexity index is 1580. The van der Waals surface area contributed by atoms with Gasteiger partial charge in [-0.05, 0) is 89.0 Å². The molecule has 0 spiro atoms. The molecule has 35 heavy (non-hydrogen) atoms. The minimum atomic E-state index is -0.175. The number of hydrogen-bond acceptors (Lipinski definition) is 3. The molecule has 0 amide bonds. The molecule has 1 aliphatic carbocycles. The number of rotatable bonds is 5. The molecule has 5 aromatic rings. The first-order valence-corrected chi connectivity index (χ1v) is 12.7. The van der Waals surface area contributed by atoms with Gasteiger partial charge in [0, 0.05) is 23.1 Å². The number of fused-ring (bicyclic) bond motifs is 6. The van der Waals surface area contributed by atoms with Crippen LogP contribution in [0.5, 0.6) is 0 Å². The molecule has 0 saturated heterocycles. The summed E-state index contributed by atoms with van der Waals surface area (Å²) in [5, 5.41) is 6.30. The summed E-state index contributed by atoms with van der Waals surface area (Å²) in [6.45, 7) is 2.25. The monoisotopic (exact) mass is 459 g/mol. The lowest BCUT2D eigenvalue weighted by molar-refractivity contribution is -0.143. The molecule has 0 bridgehead atoms. The highest BCUT2D eigenvalue weighted by Gasteiger charge is 2.19. The molecule has 1 aliphatic rings. The fraction of sp³-hybridized carbons (Fsp3) is 0.250. The minimum absolute atomic E-state index is 0.175. The predicted octanol–water partition coefficient (Wildman–Crippen LogP) is 7.58. The van der Waals surface area contributed by atoms with Crippen LogP contribution in [-0.2, 0) is 28.8 Å². The quantitative estimate of drug-likeness (QED) is 0.201. The third kappa shape index (κ3) is 3.95. The van der Waals surface area contributed by atoms with Crippen LogP contribution in [0.2, 0.25) is 0 Å². The van der Waals surface area contributed by atoms with Crippen molar-refractivity contribution in [3.05, 3.63) is 89.6 Å². The summed E-state index contributed by atoms with van der Waals surface area (Å²) in [4.78, 5) is 17.3. The Hall–Kier alpha value is -3.72. The number of aryl methyl sites for hydroxylation is 3. The average Bonchev–Trinajstić information content (AvgIpc) is 2.91. The van der Waals surface area contributed by atoms with Gasteiger partial charge in [0.1, 0.15) is 0 Å². The van der Waals surface area contributed by atoms with E-state index in [1.165, 1.54) is 51.1 Å². The Morgan fingerprint density at radius 2 is 1.60 bits per heavy atom. The molecule has 174 valence electrons. The summed E-state index contributed by atoms with van der Waals surface area (Å²) in [7, 11) is 0. The second-order valence-corrected chi connectivity index (χ2v) is 9.46. The van der Waals surface area contributed by atoms with Crippen LogP contribution in [0.1, 0.15) is 43.0 Å². The molecule has 4 aromatic carbocycles. The van der Waals surface area contributed by atoms with Crippen LogP contribution in [-0.4, -0.2) is 17.6 Å². The highest BCUT2D eigenvalue weighted by molar-refractivity contribution is 6.15. The summed E-state index contributed by atoms with van der Waals surface area (Å²) in [6.07, 6.45) is 5.69. The normalized spacial score (nSPS) is 13.3. The predicted molar refractivity (Wildman–Crippen MR) is 144 cm³/mol. The molecule has 0 saturated carbocycles. The number of ether oxygens (including phenoxy) is 1. The van der Waals surface area contributed by atoms with Crippen molar-refractivity contribution >= 4 is 38.4 Å². The van der Waals surface area contributed by atoms with E-state index in [1.807, 2.05) is 19.1 Å². The number of carbonyl (C=O) groups excluding carboxylic acids is 1. The van der Waals surface area contributed by atoms with E-state index in [4.69, 9.17) is 9.72 Å². The third-order valence-electron chi connectivity index (χ3n) is 7.34. The van der Waals surface area contributed by atoms with Gasteiger partial charge in [0.25, 0.3) is 0 Å². The number of aromatic nitrogens is 1. The van der Waals surface area contributed by atoms with Crippen LogP contribution in [0.3, 0.4) is 0 Å². The summed E-state index contributed by atoms with van der Waals surface area (Å²) in [5.74, 6) is -0.175. The van der Waals surface area contributed by atoms with E-state index in [9.17, 15) is 4.79 Å². The van der Waals surface area contributed by atoms with E-state index in [2.05, 4.69) is 60.7 Å². The highest BCUT2D eigenvalue weighted by Crippen LogP contribution is 2.40. The molecule has 0 atom stereocenters. The van der Waals surface area contributed by atoms with E-state index in [0.717, 1.165) is 35.0 Å². The smallest absolute Gasteiger partial charge is 0.306 e. The zero-order valence-corrected chi connectivity index (χ0v) is 20.1. The van der Waals surface area contributed by atoms with E-state index in [0.29, 0.717) is 19.4 Å². The van der Waals surface area contributed by atoms with Crippen LogP contribution < -0.4 is 0 Å². The SMILES string of the molecule is CCOC(=O)CCc1nc2ccccc2cc1-c1cc2c3c(ccc2c2ccccc12)CCCC3. The van der Waals surface area contributed by atoms with Gasteiger partial charge < -0.3 is 4.74 Å². The van der Waals surface area contributed by atoms with E-state index in [1.54, 1.807) is 0 Å². The lowest BCUT2D eigenvalue weighted by Gasteiger charge is -2.21. The molecule has 1 aromatic heterocycles. The number of carbonyl (C=O) groups is 1. The van der Waals surface area contributed by atoms with Crippen LogP contribution in [0, 0.1) is 0 Å². The fourth-order valence-corrected chi connectivity index (χ4v) is 5.69. The molecular formula is C32H29NO2. The van der Waals surface area contributed by atoms with Crippen molar-refractivity contribution in [3.63, 3.8) is 0 Å². The molecule has 0 fully saturated rings. The van der Waals surface area contributed by atoms with Crippen LogP contribution in [0.25, 0.3) is 43.6 Å². The van der Waals surface area contributed by atoms with Gasteiger partial charge in [-0.1, -0.05) is 54.6 Å². The van der Waals surface area contributed by atoms with Crippen molar-refractivity contribution in [1.82, 2.24) is 4.98 Å². The zero-order valence-electron chi connectivity index (χ0n) is 20.1. The minimum Gasteiger partial charge on any atom is -0.466 e. The summed E-state index contributed by atoms with van der Waals surface area (Å²) in [5.41, 5.74) is 7.21. The number of esters is 1. The molecular weight excluding hydrogens is 430 g/mol. The maximum Gasteiger partial charge on any atom is 0.306 e. The first-order chi connectivity index (χ1) is 17.2. The van der Waals surface area contributed by atoms with Gasteiger partial charge in [-0.15, -0.1) is 0 Å². The fourth-order valence-electron chi connectivity index (χ4n) is 5.69. The Morgan fingerprint density at radius 3 is 2.49 bits per heavy atom. The largest absolute Gasteiger partial charge is 0.466 e. The molecule has 3 heteroatoms. The van der Waals surface area contributed by atoms with Crippen molar-refractivity contribution in [2.45, 2.75) is 45.4 Å². The lowest BCUT2D eigenvalue weighted by atomic mass is 9.84.